The first-order valence-corrected chi connectivity index (χ1v) is 33.7. The minimum atomic E-state index is -0.472. The number of benzene rings is 11. The molecule has 472 valence electrons. The van der Waals surface area contributed by atoms with Crippen LogP contribution in [-0.2, 0) is 41.0 Å². The molecule has 15 rings (SSSR count). The number of para-hydroxylation sites is 4. The second kappa shape index (κ2) is 23.2. The van der Waals surface area contributed by atoms with Gasteiger partial charge in [-0.25, -0.2) is 0 Å². The fourth-order valence-corrected chi connectivity index (χ4v) is 14.5. The summed E-state index contributed by atoms with van der Waals surface area (Å²) in [5.74, 6) is 1.70. The van der Waals surface area contributed by atoms with Crippen LogP contribution in [0.5, 0.6) is 11.5 Å². The number of hydrogen-bond donors (Lipinski definition) is 0. The van der Waals surface area contributed by atoms with Gasteiger partial charge < -0.3 is 0 Å². The molecular formula is C88H77N5OPt-2. The van der Waals surface area contributed by atoms with E-state index in [0.717, 1.165) is 126 Å². The summed E-state index contributed by atoms with van der Waals surface area (Å²) in [5.41, 5.74) is 17.2. The van der Waals surface area contributed by atoms with Gasteiger partial charge in [-0.15, -0.1) is 0 Å². The van der Waals surface area contributed by atoms with Gasteiger partial charge in [0.25, 0.3) is 0 Å². The van der Waals surface area contributed by atoms with Crippen molar-refractivity contribution >= 4 is 60.2 Å². The van der Waals surface area contributed by atoms with E-state index in [1.165, 1.54) is 0 Å². The fraction of sp³-hybridized carbons (Fsp3) is 0.182. The summed E-state index contributed by atoms with van der Waals surface area (Å²) in [5, 5.41) is 3.97. The molecule has 0 unspecified atom stereocenters. The van der Waals surface area contributed by atoms with Crippen LogP contribution in [0.25, 0.3) is 122 Å². The van der Waals surface area contributed by atoms with E-state index in [9.17, 15) is 5.48 Å². The molecular weight excluding hydrogens is 1340 g/mol. The molecule has 0 aliphatic heterocycles. The van der Waals surface area contributed by atoms with Crippen molar-refractivity contribution in [2.75, 3.05) is 0 Å². The molecule has 95 heavy (non-hydrogen) atoms. The summed E-state index contributed by atoms with van der Waals surface area (Å²) in [6, 6.07) is 80.9. The van der Waals surface area contributed by atoms with Gasteiger partial charge in [-0.05, 0) is 17.0 Å². The van der Waals surface area contributed by atoms with Crippen LogP contribution in [0.2, 0.25) is 0 Å². The van der Waals surface area contributed by atoms with Crippen LogP contribution in [0.4, 0.5) is 0 Å². The molecule has 0 fully saturated rings. The topological polar surface area (TPSA) is 41.3 Å². The van der Waals surface area contributed by atoms with Gasteiger partial charge in [-0.3, -0.25) is 0 Å². The van der Waals surface area contributed by atoms with Crippen LogP contribution < -0.4 is 4.74 Å². The van der Waals surface area contributed by atoms with Crippen molar-refractivity contribution in [2.24, 2.45) is 0 Å². The van der Waals surface area contributed by atoms with E-state index >= 15 is 0 Å². The van der Waals surface area contributed by atoms with Gasteiger partial charge in [0.05, 0.1) is 0 Å². The molecule has 0 aliphatic rings. The first-order chi connectivity index (χ1) is 47.6. The summed E-state index contributed by atoms with van der Waals surface area (Å²) in [6.45, 7) is 26.6. The van der Waals surface area contributed by atoms with Crippen molar-refractivity contribution in [1.29, 1.82) is 0 Å². The number of rotatable bonds is 9. The Morgan fingerprint density at radius 1 is 0.379 bits per heavy atom. The summed E-state index contributed by atoms with van der Waals surface area (Å²) < 4.78 is 64.6. The minimum absolute atomic E-state index is 0.108. The number of hydrogen-bond acceptors (Lipinski definition) is 2. The number of fused-ring (bicyclic) bond motifs is 7. The Morgan fingerprint density at radius 3 is 1.48 bits per heavy atom. The van der Waals surface area contributed by atoms with Gasteiger partial charge in [-0.1, -0.05) is 32.9 Å². The third-order valence-corrected chi connectivity index (χ3v) is 19.6. The maximum absolute atomic E-state index is 9.92. The van der Waals surface area contributed by atoms with Crippen LogP contribution in [-0.4, -0.2) is 23.1 Å². The SMILES string of the molecule is [2H]c1c([2H])c([2H])c(-c2cc(C(C)(C)C)cc(-c3cc(C(C)(C)C)cc(C(C)(C)C)c3)c2-n2[c](=[Pt])n3c4[c-]c(Oc5[c-]c6c(cc5)c5ccccc5n6-c5cc(C(C)(C)C)ccn5)ccc4n(-c4c(-c5ccccc5)cccc4-c4ccccc4)c4ccccc4c4cccc2c43)c([2H])c1[2H]. The van der Waals surface area contributed by atoms with E-state index < -0.39 is 23.5 Å². The van der Waals surface area contributed by atoms with E-state index in [0.29, 0.717) is 28.3 Å². The second-order valence-electron chi connectivity index (χ2n) is 29.1. The maximum atomic E-state index is 9.92. The van der Waals surface area contributed by atoms with E-state index in [-0.39, 0.29) is 33.9 Å². The molecule has 0 spiro atoms. The molecule has 4 aromatic heterocycles. The van der Waals surface area contributed by atoms with E-state index in [1.807, 2.05) is 18.3 Å². The number of aromatic nitrogens is 5. The van der Waals surface area contributed by atoms with Crippen LogP contribution >= 0.6 is 0 Å². The number of imidazole rings is 1. The van der Waals surface area contributed by atoms with Gasteiger partial charge in [0.2, 0.25) is 0 Å². The van der Waals surface area contributed by atoms with Gasteiger partial charge in [0, 0.05) is 6.20 Å². The fourth-order valence-electron chi connectivity index (χ4n) is 13.5. The second-order valence-corrected chi connectivity index (χ2v) is 30.1. The van der Waals surface area contributed by atoms with Gasteiger partial charge in [-0.2, -0.15) is 0 Å². The van der Waals surface area contributed by atoms with Crippen LogP contribution in [0.1, 0.15) is 112 Å². The van der Waals surface area contributed by atoms with Crippen molar-refractivity contribution in [3.63, 3.8) is 0 Å². The van der Waals surface area contributed by atoms with Gasteiger partial charge in [0.15, 0.2) is 0 Å². The molecule has 0 N–H and O–H groups in total. The quantitative estimate of drug-likeness (QED) is 0.135. The predicted molar refractivity (Wildman–Crippen MR) is 393 cm³/mol. The average molecular weight is 1420 g/mol. The zero-order chi connectivity index (χ0) is 70.2. The van der Waals surface area contributed by atoms with Crippen LogP contribution in [0, 0.1) is 15.9 Å². The van der Waals surface area contributed by atoms with Crippen molar-refractivity contribution in [2.45, 2.75) is 105 Å². The van der Waals surface area contributed by atoms with Gasteiger partial charge in [0.1, 0.15) is 0 Å². The Kier molecular flexibility index (Phi) is 13.6. The third-order valence-electron chi connectivity index (χ3n) is 18.6. The molecule has 0 bridgehead atoms. The summed E-state index contributed by atoms with van der Waals surface area (Å²) >= 11 is 2.47. The molecule has 11 aromatic carbocycles. The Hall–Kier alpha value is -9.87. The molecule has 6 nitrogen and oxygen atoms in total. The number of ether oxygens (including phenoxy) is 1. The van der Waals surface area contributed by atoms with Crippen molar-refractivity contribution in [3.8, 4) is 73.2 Å². The standard InChI is InChI=1S/C88H77N5O.Pt/c1-85(2,3)61-46-47-89-81(53-61)92-75-39-24-22-34-69(75)71-44-42-65(54-79(71)92)94-66-43-45-77-80(55-66)91-56-90(82-73(59-32-20-15-21-33-59)51-64(88(10,11)12)52-74(82)60-48-62(86(4,5)6)50-63(49-60)87(7,8)9)78-41-27-38-72(84(78)91)70-35-23-25-40-76(70)93(77)83-67(57-28-16-13-17-29-57)36-26-37-68(83)58-30-18-14-19-31-58;/h13-53H,1-12H3;/q-2;/i15D,20D,21D,32D,33D;. The average Bonchev–Trinajstić information content (AvgIpc) is 1.49. The number of pyridine rings is 1. The van der Waals surface area contributed by atoms with Crippen molar-refractivity contribution in [1.82, 2.24) is 23.1 Å². The predicted octanol–water partition coefficient (Wildman–Crippen LogP) is 23.4. The molecule has 7 heteroatoms. The van der Waals surface area contributed by atoms with E-state index in [2.05, 4.69) is 333 Å². The Labute approximate surface area is 575 Å². The molecule has 15 aromatic rings. The molecule has 0 radical (unpaired) electrons. The van der Waals surface area contributed by atoms with Crippen molar-refractivity contribution < 1.29 is 30.9 Å². The molecule has 0 saturated heterocycles. The zero-order valence-corrected chi connectivity index (χ0v) is 58.0. The Balaban J connectivity index is 1.13. The van der Waals surface area contributed by atoms with Crippen LogP contribution in [0.15, 0.2) is 249 Å². The van der Waals surface area contributed by atoms with Crippen molar-refractivity contribution in [3.05, 3.63) is 287 Å². The monoisotopic (exact) mass is 1420 g/mol. The van der Waals surface area contributed by atoms with Gasteiger partial charge >= 0.3 is 523 Å². The van der Waals surface area contributed by atoms with Crippen LogP contribution in [0.3, 0.4) is 0 Å². The Bertz CT molecular complexity index is 5830. The summed E-state index contributed by atoms with van der Waals surface area (Å²) in [7, 11) is 0. The molecule has 0 saturated carbocycles. The molecule has 4 heterocycles. The molecule has 0 aliphatic carbocycles. The zero-order valence-electron chi connectivity index (χ0n) is 60.7. The number of nitrogens with zero attached hydrogens (tertiary/aromatic N) is 5. The molecule has 0 amide bonds. The first-order valence-electron chi connectivity index (χ1n) is 35.1. The summed E-state index contributed by atoms with van der Waals surface area (Å²) in [6.07, 6.45) is 1.89. The summed E-state index contributed by atoms with van der Waals surface area (Å²) in [4.78, 5) is 4.99. The third kappa shape index (κ3) is 10.9. The molecule has 0 atom stereocenters. The Morgan fingerprint density at radius 2 is 0.874 bits per heavy atom. The van der Waals surface area contributed by atoms with E-state index in [1.54, 1.807) is 0 Å². The van der Waals surface area contributed by atoms with E-state index in [4.69, 9.17) is 11.1 Å². The normalized spacial score (nSPS) is 13.2. The first kappa shape index (κ1) is 55.6.